The number of carbonyl (C=O) groups excluding carboxylic acids is 1. The first-order valence-electron chi connectivity index (χ1n) is 8.38. The van der Waals surface area contributed by atoms with E-state index >= 15 is 0 Å². The van der Waals surface area contributed by atoms with Crippen molar-refractivity contribution in [3.05, 3.63) is 70.0 Å². The summed E-state index contributed by atoms with van der Waals surface area (Å²) in [5, 5.41) is 11.3. The molecule has 0 bridgehead atoms. The van der Waals surface area contributed by atoms with Crippen molar-refractivity contribution in [1.29, 1.82) is 0 Å². The van der Waals surface area contributed by atoms with Crippen LogP contribution in [-0.4, -0.2) is 24.1 Å². The largest absolute Gasteiger partial charge is 0.417 e. The van der Waals surface area contributed by atoms with Gasteiger partial charge in [0.25, 0.3) is 0 Å². The van der Waals surface area contributed by atoms with Crippen molar-refractivity contribution in [1.82, 2.24) is 9.78 Å². The molecule has 0 saturated carbocycles. The Balaban J connectivity index is 1.88. The predicted octanol–water partition coefficient (Wildman–Crippen LogP) is 4.03. The molecule has 0 aliphatic heterocycles. The van der Waals surface area contributed by atoms with Crippen molar-refractivity contribution in [3.63, 3.8) is 0 Å². The van der Waals surface area contributed by atoms with Gasteiger partial charge < -0.3 is 5.32 Å². The first kappa shape index (κ1) is 23.1. The summed E-state index contributed by atoms with van der Waals surface area (Å²) in [7, 11) is -4.22. The first-order chi connectivity index (χ1) is 14.4. The number of carbonyl (C=O) groups is 1. The van der Waals surface area contributed by atoms with Crippen molar-refractivity contribution >= 4 is 44.8 Å². The molecule has 164 valence electrons. The molecule has 31 heavy (non-hydrogen) atoms. The quantitative estimate of drug-likeness (QED) is 0.560. The topological polar surface area (TPSA) is 107 Å². The van der Waals surface area contributed by atoms with E-state index in [0.29, 0.717) is 0 Å². The number of nitrogens with one attached hydrogen (secondary N) is 1. The minimum absolute atomic E-state index is 0.0385. The molecule has 0 aliphatic carbocycles. The lowest BCUT2D eigenvalue weighted by Gasteiger charge is -2.13. The van der Waals surface area contributed by atoms with Gasteiger partial charge in [-0.05, 0) is 29.8 Å². The number of anilines is 1. The van der Waals surface area contributed by atoms with Gasteiger partial charge >= 0.3 is 6.18 Å². The Kier molecular flexibility index (Phi) is 6.33. The Bertz CT molecular complexity index is 1260. The average Bonchev–Trinajstić information content (AvgIpc) is 3.08. The summed E-state index contributed by atoms with van der Waals surface area (Å²) >= 11 is 11.6. The number of nitrogens with zero attached hydrogens (tertiary/aromatic N) is 2. The number of sulfonamides is 1. The minimum atomic E-state index is -4.67. The van der Waals surface area contributed by atoms with Crippen LogP contribution in [0, 0.1) is 0 Å². The van der Waals surface area contributed by atoms with E-state index in [9.17, 15) is 26.4 Å². The zero-order valence-corrected chi connectivity index (χ0v) is 17.6. The molecule has 0 atom stereocenters. The van der Waals surface area contributed by atoms with Gasteiger partial charge in [0, 0.05) is 11.9 Å². The van der Waals surface area contributed by atoms with E-state index in [0.717, 1.165) is 18.2 Å². The van der Waals surface area contributed by atoms with Gasteiger partial charge in [-0.2, -0.15) is 18.3 Å². The third-order valence-corrected chi connectivity index (χ3v) is 5.66. The van der Waals surface area contributed by atoms with E-state index in [2.05, 4.69) is 10.4 Å². The SMILES string of the molecule is NS(=O)(=O)c1cc(NC(=O)Cc2cccc(C(F)(F)F)c2Cl)ccc1-n1cc(Cl)cn1. The number of primary sulfonamides is 1. The van der Waals surface area contributed by atoms with Crippen LogP contribution in [0.25, 0.3) is 5.69 Å². The zero-order valence-electron chi connectivity index (χ0n) is 15.3. The molecule has 3 N–H and O–H groups in total. The summed E-state index contributed by atoms with van der Waals surface area (Å²) in [6, 6.07) is 7.06. The second-order valence-corrected chi connectivity index (χ2v) is 8.68. The summed E-state index contributed by atoms with van der Waals surface area (Å²) in [6.07, 6.45) is -2.48. The van der Waals surface area contributed by atoms with Crippen LogP contribution in [0.3, 0.4) is 0 Å². The summed E-state index contributed by atoms with van der Waals surface area (Å²) in [5.74, 6) is -0.712. The number of alkyl halides is 3. The minimum Gasteiger partial charge on any atom is -0.326 e. The van der Waals surface area contributed by atoms with Crippen LogP contribution in [0.2, 0.25) is 10.0 Å². The maximum absolute atomic E-state index is 13.0. The molecule has 0 fully saturated rings. The number of halogens is 5. The first-order valence-corrected chi connectivity index (χ1v) is 10.7. The fourth-order valence-corrected chi connectivity index (χ4v) is 3.94. The fourth-order valence-electron chi connectivity index (χ4n) is 2.76. The molecule has 3 aromatic rings. The summed E-state index contributed by atoms with van der Waals surface area (Å²) in [5.41, 5.74) is -0.950. The average molecular weight is 493 g/mol. The Morgan fingerprint density at radius 1 is 1.19 bits per heavy atom. The van der Waals surface area contributed by atoms with Gasteiger partial charge in [-0.15, -0.1) is 0 Å². The number of hydrogen-bond acceptors (Lipinski definition) is 4. The molecule has 13 heteroatoms. The molecule has 0 spiro atoms. The summed E-state index contributed by atoms with van der Waals surface area (Å²) < 4.78 is 64.1. The zero-order chi connectivity index (χ0) is 23.0. The molecule has 1 aromatic heterocycles. The van der Waals surface area contributed by atoms with Crippen LogP contribution in [0.1, 0.15) is 11.1 Å². The Labute approximate surface area is 184 Å². The van der Waals surface area contributed by atoms with Crippen LogP contribution >= 0.6 is 23.2 Å². The molecule has 3 rings (SSSR count). The monoisotopic (exact) mass is 492 g/mol. The van der Waals surface area contributed by atoms with E-state index in [1.54, 1.807) is 0 Å². The number of benzene rings is 2. The van der Waals surface area contributed by atoms with Crippen LogP contribution in [0.15, 0.2) is 53.7 Å². The molecular weight excluding hydrogens is 480 g/mol. The van der Waals surface area contributed by atoms with Gasteiger partial charge in [0.1, 0.15) is 4.90 Å². The van der Waals surface area contributed by atoms with Crippen molar-refractivity contribution in [2.75, 3.05) is 5.32 Å². The standard InChI is InChI=1S/C18H13Cl2F3N4O3S/c19-11-8-25-27(9-11)14-5-4-12(7-15(14)31(24,29)30)26-16(28)6-10-2-1-3-13(17(10)20)18(21,22)23/h1-5,7-9H,6H2,(H,26,28)(H2,24,29,30). The van der Waals surface area contributed by atoms with Gasteiger partial charge in [0.2, 0.25) is 15.9 Å². The second-order valence-electron chi connectivity index (χ2n) is 6.33. The van der Waals surface area contributed by atoms with E-state index in [-0.39, 0.29) is 26.9 Å². The smallest absolute Gasteiger partial charge is 0.326 e. The molecule has 2 aromatic carbocycles. The van der Waals surface area contributed by atoms with Crippen molar-refractivity contribution in [2.45, 2.75) is 17.5 Å². The van der Waals surface area contributed by atoms with Gasteiger partial charge in [-0.1, -0.05) is 35.3 Å². The molecule has 0 aliphatic rings. The predicted molar refractivity (Wildman–Crippen MR) is 109 cm³/mol. The van der Waals surface area contributed by atoms with E-state index < -0.39 is 39.1 Å². The lowest BCUT2D eigenvalue weighted by atomic mass is 10.1. The van der Waals surface area contributed by atoms with Crippen LogP contribution in [0.4, 0.5) is 18.9 Å². The molecule has 0 unspecified atom stereocenters. The number of rotatable bonds is 5. The van der Waals surface area contributed by atoms with Crippen molar-refractivity contribution in [3.8, 4) is 5.69 Å². The lowest BCUT2D eigenvalue weighted by Crippen LogP contribution is -2.18. The van der Waals surface area contributed by atoms with Crippen molar-refractivity contribution in [2.24, 2.45) is 5.14 Å². The molecule has 0 saturated heterocycles. The maximum Gasteiger partial charge on any atom is 0.417 e. The molecule has 7 nitrogen and oxygen atoms in total. The van der Waals surface area contributed by atoms with Gasteiger partial charge in [0.05, 0.1) is 33.9 Å². The summed E-state index contributed by atoms with van der Waals surface area (Å²) in [4.78, 5) is 12.0. The third-order valence-electron chi connectivity index (χ3n) is 4.08. The van der Waals surface area contributed by atoms with E-state index in [1.165, 1.54) is 35.3 Å². The number of amides is 1. The summed E-state index contributed by atoms with van der Waals surface area (Å²) in [6.45, 7) is 0. The highest BCUT2D eigenvalue weighted by molar-refractivity contribution is 7.89. The van der Waals surface area contributed by atoms with Gasteiger partial charge in [-0.25, -0.2) is 18.2 Å². The Morgan fingerprint density at radius 3 is 2.48 bits per heavy atom. The Hall–Kier alpha value is -2.60. The number of aromatic nitrogens is 2. The third kappa shape index (κ3) is 5.37. The van der Waals surface area contributed by atoms with Crippen LogP contribution in [0.5, 0.6) is 0 Å². The second kappa shape index (κ2) is 8.50. The van der Waals surface area contributed by atoms with E-state index in [1.807, 2.05) is 0 Å². The van der Waals surface area contributed by atoms with Crippen LogP contribution in [-0.2, 0) is 27.4 Å². The molecule has 0 radical (unpaired) electrons. The van der Waals surface area contributed by atoms with Crippen LogP contribution < -0.4 is 10.5 Å². The highest BCUT2D eigenvalue weighted by atomic mass is 35.5. The highest BCUT2D eigenvalue weighted by Gasteiger charge is 2.34. The molecule has 1 heterocycles. The molecular formula is C18H13Cl2F3N4O3S. The lowest BCUT2D eigenvalue weighted by molar-refractivity contribution is -0.137. The normalized spacial score (nSPS) is 12.1. The number of hydrogen-bond donors (Lipinski definition) is 2. The fraction of sp³-hybridized carbons (Fsp3) is 0.111. The molecule has 1 amide bonds. The van der Waals surface area contributed by atoms with Crippen molar-refractivity contribution < 1.29 is 26.4 Å². The Morgan fingerprint density at radius 2 is 1.90 bits per heavy atom. The maximum atomic E-state index is 13.0. The van der Waals surface area contributed by atoms with Gasteiger partial charge in [0.15, 0.2) is 0 Å². The number of nitrogens with two attached hydrogens (primary N) is 1. The van der Waals surface area contributed by atoms with E-state index in [4.69, 9.17) is 28.3 Å². The highest BCUT2D eigenvalue weighted by Crippen LogP contribution is 2.36. The van der Waals surface area contributed by atoms with Gasteiger partial charge in [-0.3, -0.25) is 4.79 Å².